The van der Waals surface area contributed by atoms with Gasteiger partial charge in [-0.05, 0) is 48.7 Å². The van der Waals surface area contributed by atoms with Gasteiger partial charge in [-0.3, -0.25) is 14.0 Å². The summed E-state index contributed by atoms with van der Waals surface area (Å²) in [5.41, 5.74) is 0.350. The molecule has 0 radical (unpaired) electrons. The standard InChI is InChI=1S/C29H21Cl2F4N5O3/c30-21-13-23-26(41)36-14-19(40(23)24(21)31)10-15-4-5-22(32)20(11-15)28(42)39-8-6-16(7-9-39)27-37-25(38-43-27)17-2-1-3-18(12-17)29(33,34)35/h1-5,11-14,16H,6-10H2,(H,36,41). The number of carbonyl (C=O) groups is 1. The molecule has 3 aromatic heterocycles. The van der Waals surface area contributed by atoms with Gasteiger partial charge in [0.2, 0.25) is 11.7 Å². The average Bonchev–Trinajstić information content (AvgIpc) is 3.60. The van der Waals surface area contributed by atoms with E-state index in [-0.39, 0.29) is 69.5 Å². The van der Waals surface area contributed by atoms with Crippen LogP contribution in [0.5, 0.6) is 0 Å². The summed E-state index contributed by atoms with van der Waals surface area (Å²) in [4.78, 5) is 34.0. The number of halogens is 6. The van der Waals surface area contributed by atoms with E-state index in [1.807, 2.05) is 0 Å². The molecule has 0 aliphatic carbocycles. The maximum Gasteiger partial charge on any atom is 0.416 e. The quantitative estimate of drug-likeness (QED) is 0.216. The van der Waals surface area contributed by atoms with Crippen molar-refractivity contribution in [3.63, 3.8) is 0 Å². The number of piperidine rings is 1. The zero-order valence-corrected chi connectivity index (χ0v) is 23.6. The maximum atomic E-state index is 14.9. The molecule has 6 rings (SSSR count). The van der Waals surface area contributed by atoms with E-state index in [9.17, 15) is 27.2 Å². The van der Waals surface area contributed by atoms with Crippen LogP contribution in [0.2, 0.25) is 10.2 Å². The summed E-state index contributed by atoms with van der Waals surface area (Å²) < 4.78 is 61.0. The Hall–Kier alpha value is -4.16. The predicted octanol–water partition coefficient (Wildman–Crippen LogP) is 6.75. The van der Waals surface area contributed by atoms with Gasteiger partial charge in [-0.2, -0.15) is 18.2 Å². The molecule has 1 amide bonds. The lowest BCUT2D eigenvalue weighted by molar-refractivity contribution is -0.137. The average molecular weight is 634 g/mol. The topological polar surface area (TPSA) is 96.5 Å². The Labute approximate surface area is 250 Å². The molecular weight excluding hydrogens is 613 g/mol. The molecule has 222 valence electrons. The molecule has 1 aliphatic rings. The van der Waals surface area contributed by atoms with Gasteiger partial charge in [0.1, 0.15) is 16.5 Å². The highest BCUT2D eigenvalue weighted by Gasteiger charge is 2.32. The molecule has 1 aliphatic heterocycles. The van der Waals surface area contributed by atoms with Gasteiger partial charge in [0.05, 0.1) is 16.1 Å². The fraction of sp³-hybridized carbons (Fsp3) is 0.241. The molecule has 43 heavy (non-hydrogen) atoms. The Kier molecular flexibility index (Phi) is 7.51. The number of benzene rings is 2. The SMILES string of the molecule is O=C(c1cc(Cc2c[nH]c(=O)c3cc(Cl)c(Cl)n23)ccc1F)N1CCC(c2nc(-c3cccc(C(F)(F)F)c3)no2)CC1. The van der Waals surface area contributed by atoms with Crippen LogP contribution in [0.15, 0.2) is 64.0 Å². The number of hydrogen-bond donors (Lipinski definition) is 1. The fourth-order valence-electron chi connectivity index (χ4n) is 5.23. The Morgan fingerprint density at radius 1 is 1.09 bits per heavy atom. The predicted molar refractivity (Wildman–Crippen MR) is 150 cm³/mol. The van der Waals surface area contributed by atoms with Gasteiger partial charge in [-0.15, -0.1) is 0 Å². The first-order valence-electron chi connectivity index (χ1n) is 13.2. The van der Waals surface area contributed by atoms with Crippen molar-refractivity contribution in [2.24, 2.45) is 0 Å². The van der Waals surface area contributed by atoms with Crippen LogP contribution in [0.25, 0.3) is 16.9 Å². The van der Waals surface area contributed by atoms with Gasteiger partial charge in [0.15, 0.2) is 0 Å². The number of hydrogen-bond acceptors (Lipinski definition) is 5. The fourth-order valence-corrected chi connectivity index (χ4v) is 5.67. The lowest BCUT2D eigenvalue weighted by Gasteiger charge is -2.30. The molecule has 0 bridgehead atoms. The third kappa shape index (κ3) is 5.64. The molecule has 1 N–H and O–H groups in total. The molecule has 0 saturated carbocycles. The Morgan fingerprint density at radius 3 is 2.60 bits per heavy atom. The number of amides is 1. The van der Waals surface area contributed by atoms with Gasteiger partial charge in [0.25, 0.3) is 11.5 Å². The minimum atomic E-state index is -4.50. The van der Waals surface area contributed by atoms with E-state index in [1.54, 1.807) is 6.07 Å². The van der Waals surface area contributed by atoms with Crippen LogP contribution < -0.4 is 5.56 Å². The summed E-state index contributed by atoms with van der Waals surface area (Å²) in [5.74, 6) is -1.06. The van der Waals surface area contributed by atoms with Crippen molar-refractivity contribution in [2.45, 2.75) is 31.4 Å². The lowest BCUT2D eigenvalue weighted by atomic mass is 9.96. The van der Waals surface area contributed by atoms with E-state index in [4.69, 9.17) is 27.7 Å². The third-order valence-electron chi connectivity index (χ3n) is 7.46. The van der Waals surface area contributed by atoms with Crippen LogP contribution >= 0.6 is 23.2 Å². The zero-order chi connectivity index (χ0) is 30.5. The highest BCUT2D eigenvalue weighted by molar-refractivity contribution is 6.42. The van der Waals surface area contributed by atoms with Crippen molar-refractivity contribution in [3.8, 4) is 11.4 Å². The minimum Gasteiger partial charge on any atom is -0.339 e. The van der Waals surface area contributed by atoms with Crippen LogP contribution in [0.4, 0.5) is 17.6 Å². The van der Waals surface area contributed by atoms with Crippen LogP contribution in [0.3, 0.4) is 0 Å². The third-order valence-corrected chi connectivity index (χ3v) is 8.21. The summed E-state index contributed by atoms with van der Waals surface area (Å²) in [5, 5.41) is 4.23. The number of alkyl halides is 3. The number of aromatic nitrogens is 4. The number of H-pyrrole nitrogens is 1. The molecule has 4 heterocycles. The van der Waals surface area contributed by atoms with Gasteiger partial charge in [-0.1, -0.05) is 46.6 Å². The number of nitrogens with zero attached hydrogens (tertiary/aromatic N) is 4. The number of fused-ring (bicyclic) bond motifs is 1. The first-order valence-corrected chi connectivity index (χ1v) is 13.9. The molecule has 0 atom stereocenters. The highest BCUT2D eigenvalue weighted by Crippen LogP contribution is 2.33. The van der Waals surface area contributed by atoms with Gasteiger partial charge < -0.3 is 14.4 Å². The van der Waals surface area contributed by atoms with Crippen molar-refractivity contribution in [1.82, 2.24) is 24.4 Å². The molecule has 1 saturated heterocycles. The Bertz CT molecular complexity index is 1910. The lowest BCUT2D eigenvalue weighted by Crippen LogP contribution is -2.38. The van der Waals surface area contributed by atoms with Crippen molar-refractivity contribution < 1.29 is 26.9 Å². The molecule has 0 unspecified atom stereocenters. The van der Waals surface area contributed by atoms with Crippen LogP contribution in [0.1, 0.15) is 51.8 Å². The second-order valence-electron chi connectivity index (χ2n) is 10.2. The molecule has 1 fully saturated rings. The monoisotopic (exact) mass is 633 g/mol. The first kappa shape index (κ1) is 28.9. The van der Waals surface area contributed by atoms with E-state index in [0.717, 1.165) is 12.1 Å². The van der Waals surface area contributed by atoms with Crippen LogP contribution in [-0.4, -0.2) is 43.4 Å². The van der Waals surface area contributed by atoms with Crippen molar-refractivity contribution in [3.05, 3.63) is 109 Å². The summed E-state index contributed by atoms with van der Waals surface area (Å²) in [6.07, 6.45) is -1.89. The summed E-state index contributed by atoms with van der Waals surface area (Å²) >= 11 is 12.4. The number of carbonyl (C=O) groups excluding carboxylic acids is 1. The minimum absolute atomic E-state index is 0.0433. The molecule has 14 heteroatoms. The Balaban J connectivity index is 1.15. The molecule has 5 aromatic rings. The molecule has 2 aromatic carbocycles. The van der Waals surface area contributed by atoms with E-state index >= 15 is 0 Å². The van der Waals surface area contributed by atoms with Crippen LogP contribution in [-0.2, 0) is 12.6 Å². The molecule has 0 spiro atoms. The van der Waals surface area contributed by atoms with E-state index in [2.05, 4.69) is 15.1 Å². The van der Waals surface area contributed by atoms with Crippen molar-refractivity contribution in [2.75, 3.05) is 13.1 Å². The highest BCUT2D eigenvalue weighted by atomic mass is 35.5. The maximum absolute atomic E-state index is 14.9. The second kappa shape index (κ2) is 11.2. The largest absolute Gasteiger partial charge is 0.416 e. The Morgan fingerprint density at radius 2 is 1.86 bits per heavy atom. The van der Waals surface area contributed by atoms with E-state index in [1.165, 1.54) is 45.8 Å². The summed E-state index contributed by atoms with van der Waals surface area (Å²) in [7, 11) is 0. The van der Waals surface area contributed by atoms with Gasteiger partial charge >= 0.3 is 6.18 Å². The first-order chi connectivity index (χ1) is 20.5. The smallest absolute Gasteiger partial charge is 0.339 e. The number of aromatic amines is 1. The molecular formula is C29H21Cl2F4N5O3. The number of rotatable bonds is 5. The second-order valence-corrected chi connectivity index (χ2v) is 11.0. The summed E-state index contributed by atoms with van der Waals surface area (Å²) in [6.45, 7) is 0.568. The van der Waals surface area contributed by atoms with Crippen molar-refractivity contribution in [1.29, 1.82) is 0 Å². The van der Waals surface area contributed by atoms with E-state index in [0.29, 0.717) is 24.1 Å². The van der Waals surface area contributed by atoms with Crippen molar-refractivity contribution >= 4 is 34.6 Å². The van der Waals surface area contributed by atoms with Gasteiger partial charge in [0, 0.05) is 42.9 Å². The summed E-state index contributed by atoms with van der Waals surface area (Å²) in [6, 6.07) is 10.4. The number of likely N-dealkylation sites (tertiary alicyclic amines) is 1. The van der Waals surface area contributed by atoms with Gasteiger partial charge in [-0.25, -0.2) is 4.39 Å². The normalized spacial score (nSPS) is 14.5. The van der Waals surface area contributed by atoms with E-state index < -0.39 is 23.5 Å². The number of nitrogens with one attached hydrogen (secondary N) is 1. The zero-order valence-electron chi connectivity index (χ0n) is 22.1. The molecule has 8 nitrogen and oxygen atoms in total. The van der Waals surface area contributed by atoms with Crippen LogP contribution in [0, 0.1) is 5.82 Å².